The quantitative estimate of drug-likeness (QED) is 0.696. The van der Waals surface area contributed by atoms with Gasteiger partial charge in [0.25, 0.3) is 0 Å². The van der Waals surface area contributed by atoms with Crippen LogP contribution in [0.2, 0.25) is 0 Å². The fraction of sp³-hybridized carbons (Fsp3) is 0.583. The molecular weight excluding hydrogens is 202 g/mol. The summed E-state index contributed by atoms with van der Waals surface area (Å²) in [5.74, 6) is 0. The van der Waals surface area contributed by atoms with Crippen LogP contribution in [0.25, 0.3) is 0 Å². The van der Waals surface area contributed by atoms with Crippen molar-refractivity contribution in [2.24, 2.45) is 0 Å². The molecule has 0 saturated carbocycles. The van der Waals surface area contributed by atoms with Crippen molar-refractivity contribution in [1.29, 1.82) is 0 Å². The molecule has 1 N–H and O–H groups in total. The minimum atomic E-state index is 0.589. The minimum absolute atomic E-state index is 0.589. The summed E-state index contributed by atoms with van der Waals surface area (Å²) in [5.41, 5.74) is 2.04. The van der Waals surface area contributed by atoms with E-state index in [2.05, 4.69) is 15.2 Å². The van der Waals surface area contributed by atoms with E-state index in [0.717, 1.165) is 31.1 Å². The van der Waals surface area contributed by atoms with E-state index in [9.17, 15) is 0 Å². The Balaban J connectivity index is 2.33. The molecule has 0 unspecified atom stereocenters. The van der Waals surface area contributed by atoms with E-state index >= 15 is 0 Å². The second kappa shape index (κ2) is 7.33. The molecule has 0 aliphatic heterocycles. The Morgan fingerprint density at radius 2 is 2.06 bits per heavy atom. The van der Waals surface area contributed by atoms with Crippen molar-refractivity contribution in [3.05, 3.63) is 29.6 Å². The third kappa shape index (κ3) is 5.21. The van der Waals surface area contributed by atoms with Gasteiger partial charge in [-0.05, 0) is 33.3 Å². The molecule has 0 aliphatic carbocycles. The van der Waals surface area contributed by atoms with Crippen molar-refractivity contribution in [3.63, 3.8) is 0 Å². The number of nitrogens with one attached hydrogen (secondary N) is 1. The highest BCUT2D eigenvalue weighted by Gasteiger charge is 1.98. The lowest BCUT2D eigenvalue weighted by Gasteiger charge is -2.10. The van der Waals surface area contributed by atoms with E-state index in [0.29, 0.717) is 6.61 Å². The first-order chi connectivity index (χ1) is 7.72. The molecular formula is C12H21N3O. The van der Waals surface area contributed by atoms with Gasteiger partial charge in [0.1, 0.15) is 0 Å². The summed E-state index contributed by atoms with van der Waals surface area (Å²) in [7, 11) is 5.99. The molecule has 0 aliphatic rings. The van der Waals surface area contributed by atoms with Gasteiger partial charge in [0.15, 0.2) is 0 Å². The maximum absolute atomic E-state index is 5.54. The van der Waals surface area contributed by atoms with Crippen LogP contribution in [0.1, 0.15) is 11.4 Å². The summed E-state index contributed by atoms with van der Waals surface area (Å²) in [4.78, 5) is 6.58. The summed E-state index contributed by atoms with van der Waals surface area (Å²) in [5, 5.41) is 3.08. The monoisotopic (exact) mass is 223 g/mol. The number of pyridine rings is 1. The van der Waals surface area contributed by atoms with Crippen LogP contribution in [0.15, 0.2) is 18.2 Å². The van der Waals surface area contributed by atoms with Crippen molar-refractivity contribution in [2.45, 2.75) is 13.2 Å². The highest BCUT2D eigenvalue weighted by molar-refractivity contribution is 5.10. The largest absolute Gasteiger partial charge is 0.374 e. The molecule has 16 heavy (non-hydrogen) atoms. The molecule has 1 aromatic heterocycles. The fourth-order valence-corrected chi connectivity index (χ4v) is 1.31. The smallest absolute Gasteiger partial charge is 0.0888 e. The Hall–Kier alpha value is -0.970. The predicted octanol–water partition coefficient (Wildman–Crippen LogP) is 0.879. The maximum atomic E-state index is 5.54. The van der Waals surface area contributed by atoms with Crippen LogP contribution < -0.4 is 5.32 Å². The topological polar surface area (TPSA) is 37.4 Å². The van der Waals surface area contributed by atoms with Gasteiger partial charge >= 0.3 is 0 Å². The van der Waals surface area contributed by atoms with Crippen LogP contribution in [-0.2, 0) is 17.9 Å². The third-order valence-electron chi connectivity index (χ3n) is 2.16. The Labute approximate surface area is 97.6 Å². The van der Waals surface area contributed by atoms with E-state index in [4.69, 9.17) is 4.74 Å². The molecule has 0 saturated heterocycles. The molecule has 0 atom stereocenters. The molecule has 0 spiro atoms. The average Bonchev–Trinajstić information content (AvgIpc) is 2.25. The summed E-state index contributed by atoms with van der Waals surface area (Å²) in [6.07, 6.45) is 0. The second-order valence-corrected chi connectivity index (χ2v) is 4.01. The molecule has 4 nitrogen and oxygen atoms in total. The van der Waals surface area contributed by atoms with Gasteiger partial charge in [-0.2, -0.15) is 0 Å². The lowest BCUT2D eigenvalue weighted by Crippen LogP contribution is -2.18. The normalized spacial score (nSPS) is 11.0. The Morgan fingerprint density at radius 3 is 2.75 bits per heavy atom. The van der Waals surface area contributed by atoms with Gasteiger partial charge in [-0.25, -0.2) is 0 Å². The van der Waals surface area contributed by atoms with Gasteiger partial charge in [0, 0.05) is 13.1 Å². The second-order valence-electron chi connectivity index (χ2n) is 4.01. The van der Waals surface area contributed by atoms with Crippen molar-refractivity contribution in [1.82, 2.24) is 15.2 Å². The molecule has 0 radical (unpaired) electrons. The van der Waals surface area contributed by atoms with Gasteiger partial charge in [0.2, 0.25) is 0 Å². The molecule has 4 heteroatoms. The summed E-state index contributed by atoms with van der Waals surface area (Å²) >= 11 is 0. The number of likely N-dealkylation sites (N-methyl/N-ethyl adjacent to an activating group) is 1. The Bertz CT molecular complexity index is 302. The summed E-state index contributed by atoms with van der Waals surface area (Å²) in [6, 6.07) is 6.03. The summed E-state index contributed by atoms with van der Waals surface area (Å²) < 4.78 is 5.54. The lowest BCUT2D eigenvalue weighted by atomic mass is 10.3. The highest BCUT2D eigenvalue weighted by atomic mass is 16.5. The average molecular weight is 223 g/mol. The van der Waals surface area contributed by atoms with E-state index in [1.165, 1.54) is 0 Å². The third-order valence-corrected chi connectivity index (χ3v) is 2.16. The number of aromatic nitrogens is 1. The standard InChI is InChI=1S/C12H21N3O/c1-13-9-11-5-4-6-12(14-11)10-16-8-7-15(2)3/h4-6,13H,7-10H2,1-3H3. The van der Waals surface area contributed by atoms with Crippen LogP contribution in [0.3, 0.4) is 0 Å². The van der Waals surface area contributed by atoms with E-state index in [1.807, 2.05) is 39.3 Å². The molecule has 1 rings (SSSR count). The van der Waals surface area contributed by atoms with Gasteiger partial charge in [-0.3, -0.25) is 4.98 Å². The highest BCUT2D eigenvalue weighted by Crippen LogP contribution is 2.01. The number of ether oxygens (including phenoxy) is 1. The molecule has 1 heterocycles. The van der Waals surface area contributed by atoms with E-state index in [-0.39, 0.29) is 0 Å². The van der Waals surface area contributed by atoms with E-state index in [1.54, 1.807) is 0 Å². The van der Waals surface area contributed by atoms with Crippen LogP contribution >= 0.6 is 0 Å². The Kier molecular flexibility index (Phi) is 6.00. The number of hydrogen-bond acceptors (Lipinski definition) is 4. The first kappa shape index (κ1) is 13.1. The molecule has 0 amide bonds. The number of rotatable bonds is 7. The van der Waals surface area contributed by atoms with Crippen molar-refractivity contribution >= 4 is 0 Å². The van der Waals surface area contributed by atoms with Gasteiger partial charge in [0.05, 0.1) is 24.6 Å². The zero-order valence-corrected chi connectivity index (χ0v) is 10.4. The number of hydrogen-bond donors (Lipinski definition) is 1. The first-order valence-electron chi connectivity index (χ1n) is 5.54. The molecule has 0 bridgehead atoms. The Morgan fingerprint density at radius 1 is 1.31 bits per heavy atom. The van der Waals surface area contributed by atoms with Crippen molar-refractivity contribution in [2.75, 3.05) is 34.3 Å². The van der Waals surface area contributed by atoms with Crippen LogP contribution in [0.4, 0.5) is 0 Å². The molecule has 0 fully saturated rings. The lowest BCUT2D eigenvalue weighted by molar-refractivity contribution is 0.103. The predicted molar refractivity (Wildman–Crippen MR) is 65.2 cm³/mol. The zero-order valence-electron chi connectivity index (χ0n) is 10.4. The van der Waals surface area contributed by atoms with Gasteiger partial charge < -0.3 is 15.0 Å². The van der Waals surface area contributed by atoms with Crippen molar-refractivity contribution < 1.29 is 4.74 Å². The molecule has 90 valence electrons. The SMILES string of the molecule is CNCc1cccc(COCCN(C)C)n1. The van der Waals surface area contributed by atoms with E-state index < -0.39 is 0 Å². The maximum Gasteiger partial charge on any atom is 0.0888 e. The van der Waals surface area contributed by atoms with Crippen LogP contribution in [0.5, 0.6) is 0 Å². The summed E-state index contributed by atoms with van der Waals surface area (Å²) in [6.45, 7) is 3.07. The van der Waals surface area contributed by atoms with Gasteiger partial charge in [-0.15, -0.1) is 0 Å². The van der Waals surface area contributed by atoms with Gasteiger partial charge in [-0.1, -0.05) is 6.07 Å². The first-order valence-corrected chi connectivity index (χ1v) is 5.54. The number of nitrogens with zero attached hydrogens (tertiary/aromatic N) is 2. The van der Waals surface area contributed by atoms with Crippen LogP contribution in [0, 0.1) is 0 Å². The molecule has 0 aromatic carbocycles. The minimum Gasteiger partial charge on any atom is -0.374 e. The van der Waals surface area contributed by atoms with Crippen molar-refractivity contribution in [3.8, 4) is 0 Å². The zero-order chi connectivity index (χ0) is 11.8. The fourth-order valence-electron chi connectivity index (χ4n) is 1.31. The van der Waals surface area contributed by atoms with Crippen LogP contribution in [-0.4, -0.2) is 44.2 Å². The molecule has 1 aromatic rings.